The summed E-state index contributed by atoms with van der Waals surface area (Å²) < 4.78 is 12.9. The third kappa shape index (κ3) is 4.26. The molecule has 3 heterocycles. The Balaban J connectivity index is 1.41. The van der Waals surface area contributed by atoms with Crippen molar-refractivity contribution in [1.29, 1.82) is 0 Å². The number of anilines is 1. The van der Waals surface area contributed by atoms with Crippen LogP contribution in [0.25, 0.3) is 11.4 Å². The van der Waals surface area contributed by atoms with E-state index in [1.165, 1.54) is 17.3 Å². The maximum Gasteiger partial charge on any atom is 0.237 e. The van der Waals surface area contributed by atoms with E-state index in [4.69, 9.17) is 9.15 Å². The summed E-state index contributed by atoms with van der Waals surface area (Å²) in [5.41, 5.74) is 3.10. The monoisotopic (exact) mass is 460 g/mol. The number of carbonyl (C=O) groups excluding carboxylic acids is 1. The standard InChI is InChI=1S/C25H24N4O3S/c1-17-13-18-7-3-4-11-22(18)29(17)23(30)16-33-25-27-26-24(19-8-5-9-20(14-19)31-2)28(25)15-21-10-6-12-32-21/h3-12,14,17H,13,15-16H2,1-2H3. The first-order valence-electron chi connectivity index (χ1n) is 10.8. The quantitative estimate of drug-likeness (QED) is 0.373. The molecule has 8 heteroatoms. The summed E-state index contributed by atoms with van der Waals surface area (Å²) in [6, 6.07) is 19.7. The van der Waals surface area contributed by atoms with Crippen LogP contribution in [0.15, 0.2) is 76.5 Å². The number of para-hydroxylation sites is 1. The van der Waals surface area contributed by atoms with Crippen molar-refractivity contribution >= 4 is 23.4 Å². The molecule has 7 nitrogen and oxygen atoms in total. The van der Waals surface area contributed by atoms with Gasteiger partial charge in [-0.2, -0.15) is 0 Å². The molecule has 2 aromatic carbocycles. The first-order chi connectivity index (χ1) is 16.1. The fourth-order valence-electron chi connectivity index (χ4n) is 4.21. The van der Waals surface area contributed by atoms with Crippen LogP contribution < -0.4 is 9.64 Å². The van der Waals surface area contributed by atoms with Crippen LogP contribution >= 0.6 is 11.8 Å². The Morgan fingerprint density at radius 2 is 2.03 bits per heavy atom. The first-order valence-corrected chi connectivity index (χ1v) is 11.8. The number of furan rings is 1. The molecular weight excluding hydrogens is 436 g/mol. The van der Waals surface area contributed by atoms with Crippen molar-refractivity contribution in [1.82, 2.24) is 14.8 Å². The van der Waals surface area contributed by atoms with Gasteiger partial charge in [-0.15, -0.1) is 10.2 Å². The van der Waals surface area contributed by atoms with Gasteiger partial charge in [0.05, 0.1) is 25.7 Å². The number of rotatable bonds is 7. The van der Waals surface area contributed by atoms with E-state index in [2.05, 4.69) is 23.2 Å². The zero-order chi connectivity index (χ0) is 22.8. The third-order valence-electron chi connectivity index (χ3n) is 5.74. The molecule has 0 aliphatic carbocycles. The molecule has 33 heavy (non-hydrogen) atoms. The fourth-order valence-corrected chi connectivity index (χ4v) is 5.01. The largest absolute Gasteiger partial charge is 0.497 e. The van der Waals surface area contributed by atoms with Crippen molar-refractivity contribution in [2.75, 3.05) is 17.8 Å². The number of ether oxygens (including phenoxy) is 1. The van der Waals surface area contributed by atoms with Gasteiger partial charge < -0.3 is 14.1 Å². The Bertz CT molecular complexity index is 1270. The van der Waals surface area contributed by atoms with Gasteiger partial charge in [-0.1, -0.05) is 42.1 Å². The molecule has 0 bridgehead atoms. The predicted octanol–water partition coefficient (Wildman–Crippen LogP) is 4.66. The van der Waals surface area contributed by atoms with E-state index in [9.17, 15) is 4.79 Å². The second-order valence-corrected chi connectivity index (χ2v) is 8.88. The normalized spacial score (nSPS) is 15.0. The molecule has 0 saturated carbocycles. The number of amides is 1. The van der Waals surface area contributed by atoms with Crippen molar-refractivity contribution in [3.05, 3.63) is 78.3 Å². The van der Waals surface area contributed by atoms with Crippen LogP contribution in [0.4, 0.5) is 5.69 Å². The lowest BCUT2D eigenvalue weighted by atomic mass is 10.1. The number of hydrogen-bond acceptors (Lipinski definition) is 6. The van der Waals surface area contributed by atoms with Crippen LogP contribution in [-0.4, -0.2) is 39.6 Å². The predicted molar refractivity (Wildman–Crippen MR) is 128 cm³/mol. The molecule has 2 aromatic heterocycles. The lowest BCUT2D eigenvalue weighted by Gasteiger charge is -2.22. The van der Waals surface area contributed by atoms with Crippen LogP contribution in [0.5, 0.6) is 5.75 Å². The van der Waals surface area contributed by atoms with Gasteiger partial charge in [-0.3, -0.25) is 9.36 Å². The lowest BCUT2D eigenvalue weighted by molar-refractivity contribution is -0.116. The molecule has 1 aliphatic rings. The van der Waals surface area contributed by atoms with E-state index in [1.54, 1.807) is 13.4 Å². The van der Waals surface area contributed by atoms with Gasteiger partial charge in [0.15, 0.2) is 11.0 Å². The Labute approximate surface area is 196 Å². The Hall–Kier alpha value is -3.52. The van der Waals surface area contributed by atoms with E-state index < -0.39 is 0 Å². The minimum absolute atomic E-state index is 0.0629. The highest BCUT2D eigenvalue weighted by atomic mass is 32.2. The fraction of sp³-hybridized carbons (Fsp3) is 0.240. The second-order valence-electron chi connectivity index (χ2n) is 7.94. The van der Waals surface area contributed by atoms with E-state index in [-0.39, 0.29) is 17.7 Å². The van der Waals surface area contributed by atoms with Gasteiger partial charge in [-0.05, 0) is 49.2 Å². The summed E-state index contributed by atoms with van der Waals surface area (Å²) in [5, 5.41) is 9.52. The van der Waals surface area contributed by atoms with E-state index >= 15 is 0 Å². The highest BCUT2D eigenvalue weighted by Crippen LogP contribution is 2.33. The van der Waals surface area contributed by atoms with Crippen molar-refractivity contribution in [3.8, 4) is 17.1 Å². The summed E-state index contributed by atoms with van der Waals surface area (Å²) in [6.07, 6.45) is 2.52. The molecule has 0 N–H and O–H groups in total. The number of hydrogen-bond donors (Lipinski definition) is 0. The van der Waals surface area contributed by atoms with Gasteiger partial charge in [0.25, 0.3) is 0 Å². The number of carbonyl (C=O) groups is 1. The number of fused-ring (bicyclic) bond motifs is 1. The van der Waals surface area contributed by atoms with E-state index in [0.29, 0.717) is 17.5 Å². The van der Waals surface area contributed by atoms with Crippen molar-refractivity contribution in [2.24, 2.45) is 0 Å². The number of thioether (sulfide) groups is 1. The third-order valence-corrected chi connectivity index (χ3v) is 6.69. The molecule has 1 atom stereocenters. The molecule has 1 aliphatic heterocycles. The SMILES string of the molecule is COc1cccc(-c2nnc(SCC(=O)N3c4ccccc4CC3C)n2Cc2ccco2)c1. The van der Waals surface area contributed by atoms with Crippen molar-refractivity contribution in [3.63, 3.8) is 0 Å². The van der Waals surface area contributed by atoms with Crippen molar-refractivity contribution < 1.29 is 13.9 Å². The highest BCUT2D eigenvalue weighted by molar-refractivity contribution is 7.99. The first kappa shape index (κ1) is 21.3. The molecule has 168 valence electrons. The van der Waals surface area contributed by atoms with Crippen molar-refractivity contribution in [2.45, 2.75) is 31.1 Å². The van der Waals surface area contributed by atoms with Gasteiger partial charge >= 0.3 is 0 Å². The van der Waals surface area contributed by atoms with Crippen LogP contribution in [-0.2, 0) is 17.8 Å². The highest BCUT2D eigenvalue weighted by Gasteiger charge is 2.30. The lowest BCUT2D eigenvalue weighted by Crippen LogP contribution is -2.37. The smallest absolute Gasteiger partial charge is 0.237 e. The minimum atomic E-state index is 0.0629. The Morgan fingerprint density at radius 1 is 1.15 bits per heavy atom. The molecule has 4 aromatic rings. The molecule has 0 spiro atoms. The van der Waals surface area contributed by atoms with Crippen LogP contribution in [0.1, 0.15) is 18.2 Å². The minimum Gasteiger partial charge on any atom is -0.497 e. The molecule has 1 amide bonds. The zero-order valence-electron chi connectivity index (χ0n) is 18.5. The number of aromatic nitrogens is 3. The average molecular weight is 461 g/mol. The maximum absolute atomic E-state index is 13.2. The zero-order valence-corrected chi connectivity index (χ0v) is 19.3. The van der Waals surface area contributed by atoms with Gasteiger partial charge in [0, 0.05) is 17.3 Å². The van der Waals surface area contributed by atoms with Gasteiger partial charge in [-0.25, -0.2) is 0 Å². The maximum atomic E-state index is 13.2. The Kier molecular flexibility index (Phi) is 5.92. The van der Waals surface area contributed by atoms with Crippen LogP contribution in [0.2, 0.25) is 0 Å². The summed E-state index contributed by atoms with van der Waals surface area (Å²) in [6.45, 7) is 2.55. The van der Waals surface area contributed by atoms with Gasteiger partial charge in [0.2, 0.25) is 5.91 Å². The van der Waals surface area contributed by atoms with E-state index in [0.717, 1.165) is 29.2 Å². The number of methoxy groups -OCH3 is 1. The second kappa shape index (κ2) is 9.15. The summed E-state index contributed by atoms with van der Waals surface area (Å²) in [4.78, 5) is 15.1. The topological polar surface area (TPSA) is 73.4 Å². The summed E-state index contributed by atoms with van der Waals surface area (Å²) in [7, 11) is 1.64. The summed E-state index contributed by atoms with van der Waals surface area (Å²) in [5.74, 6) is 2.56. The molecule has 1 unspecified atom stereocenters. The Morgan fingerprint density at radius 3 is 2.85 bits per heavy atom. The number of nitrogens with zero attached hydrogens (tertiary/aromatic N) is 4. The molecule has 0 radical (unpaired) electrons. The van der Waals surface area contributed by atoms with E-state index in [1.807, 2.05) is 64.1 Å². The van der Waals surface area contributed by atoms with Crippen LogP contribution in [0.3, 0.4) is 0 Å². The average Bonchev–Trinajstić information content (AvgIpc) is 3.56. The molecular formula is C25H24N4O3S. The van der Waals surface area contributed by atoms with Crippen LogP contribution in [0, 0.1) is 0 Å². The molecule has 0 saturated heterocycles. The molecule has 0 fully saturated rings. The van der Waals surface area contributed by atoms with Gasteiger partial charge in [0.1, 0.15) is 11.5 Å². The number of benzene rings is 2. The molecule has 5 rings (SSSR count). The summed E-state index contributed by atoms with van der Waals surface area (Å²) >= 11 is 1.39.